The summed E-state index contributed by atoms with van der Waals surface area (Å²) in [6.07, 6.45) is 0. The Hall–Kier alpha value is -2.01. The molecule has 1 aromatic carbocycles. The molecule has 0 aliphatic heterocycles. The van der Waals surface area contributed by atoms with Gasteiger partial charge in [0.15, 0.2) is 0 Å². The van der Waals surface area contributed by atoms with Crippen molar-refractivity contribution in [1.29, 1.82) is 0 Å². The largest absolute Gasteiger partial charge is 0.326 e. The molecule has 3 N–H and O–H groups in total. The zero-order valence-electron chi connectivity index (χ0n) is 9.33. The summed E-state index contributed by atoms with van der Waals surface area (Å²) in [4.78, 5) is 18.6. The van der Waals surface area contributed by atoms with Crippen molar-refractivity contribution in [3.05, 3.63) is 51.7 Å². The number of nitrogens with two attached hydrogens (primary N) is 1. The van der Waals surface area contributed by atoms with Crippen LogP contribution in [-0.2, 0) is 6.54 Å². The third kappa shape index (κ3) is 2.24. The summed E-state index contributed by atoms with van der Waals surface area (Å²) < 4.78 is 12.8. The molecule has 0 fully saturated rings. The summed E-state index contributed by atoms with van der Waals surface area (Å²) in [7, 11) is 0. The number of halogens is 1. The minimum absolute atomic E-state index is 0.151. The number of hydrogen-bond acceptors (Lipinski definition) is 3. The number of rotatable bonds is 2. The topological polar surface area (TPSA) is 71.8 Å². The second-order valence-electron chi connectivity index (χ2n) is 3.69. The second-order valence-corrected chi connectivity index (χ2v) is 3.69. The van der Waals surface area contributed by atoms with Crippen LogP contribution >= 0.6 is 0 Å². The highest BCUT2D eigenvalue weighted by Gasteiger charge is 2.07. The SMILES string of the molecule is Cc1nc(-c2ccc(F)cc2)[nH]c(=O)c1CN. The second kappa shape index (κ2) is 4.47. The first kappa shape index (κ1) is 11.5. The van der Waals surface area contributed by atoms with Gasteiger partial charge in [-0.05, 0) is 31.2 Å². The third-order valence-electron chi connectivity index (χ3n) is 2.54. The average Bonchev–Trinajstić information content (AvgIpc) is 2.29. The van der Waals surface area contributed by atoms with E-state index in [0.29, 0.717) is 22.6 Å². The molecule has 4 nitrogen and oxygen atoms in total. The number of H-pyrrole nitrogens is 1. The fourth-order valence-electron chi connectivity index (χ4n) is 1.60. The van der Waals surface area contributed by atoms with Crippen molar-refractivity contribution in [2.24, 2.45) is 5.73 Å². The predicted molar refractivity (Wildman–Crippen MR) is 62.9 cm³/mol. The molecule has 2 aromatic rings. The molecule has 1 aromatic heterocycles. The lowest BCUT2D eigenvalue weighted by Gasteiger charge is -2.05. The maximum absolute atomic E-state index is 12.8. The Morgan fingerprint density at radius 3 is 2.53 bits per heavy atom. The van der Waals surface area contributed by atoms with Crippen molar-refractivity contribution in [3.8, 4) is 11.4 Å². The van der Waals surface area contributed by atoms with Crippen LogP contribution in [-0.4, -0.2) is 9.97 Å². The molecule has 1 heterocycles. The fourth-order valence-corrected chi connectivity index (χ4v) is 1.60. The number of aromatic amines is 1. The summed E-state index contributed by atoms with van der Waals surface area (Å²) >= 11 is 0. The summed E-state index contributed by atoms with van der Waals surface area (Å²) in [6.45, 7) is 1.88. The highest BCUT2D eigenvalue weighted by molar-refractivity contribution is 5.54. The molecular weight excluding hydrogens is 221 g/mol. The van der Waals surface area contributed by atoms with E-state index in [0.717, 1.165) is 0 Å². The minimum Gasteiger partial charge on any atom is -0.326 e. The van der Waals surface area contributed by atoms with Gasteiger partial charge < -0.3 is 10.7 Å². The van der Waals surface area contributed by atoms with Crippen LogP contribution in [0.2, 0.25) is 0 Å². The van der Waals surface area contributed by atoms with Gasteiger partial charge in [0.1, 0.15) is 11.6 Å². The number of benzene rings is 1. The monoisotopic (exact) mass is 233 g/mol. The zero-order valence-corrected chi connectivity index (χ0v) is 9.33. The number of nitrogens with zero attached hydrogens (tertiary/aromatic N) is 1. The van der Waals surface area contributed by atoms with Gasteiger partial charge in [-0.15, -0.1) is 0 Å². The highest BCUT2D eigenvalue weighted by Crippen LogP contribution is 2.14. The van der Waals surface area contributed by atoms with Crippen molar-refractivity contribution in [1.82, 2.24) is 9.97 Å². The van der Waals surface area contributed by atoms with Gasteiger partial charge in [-0.2, -0.15) is 0 Å². The van der Waals surface area contributed by atoms with Gasteiger partial charge in [-0.3, -0.25) is 4.79 Å². The third-order valence-corrected chi connectivity index (χ3v) is 2.54. The molecule has 0 saturated heterocycles. The van der Waals surface area contributed by atoms with Crippen molar-refractivity contribution in [2.45, 2.75) is 13.5 Å². The van der Waals surface area contributed by atoms with Gasteiger partial charge in [-0.1, -0.05) is 0 Å². The van der Waals surface area contributed by atoms with Crippen molar-refractivity contribution < 1.29 is 4.39 Å². The van der Waals surface area contributed by atoms with Crippen LogP contribution in [0.25, 0.3) is 11.4 Å². The molecule has 0 aliphatic rings. The Labute approximate surface area is 97.3 Å². The van der Waals surface area contributed by atoms with E-state index in [4.69, 9.17) is 5.73 Å². The lowest BCUT2D eigenvalue weighted by molar-refractivity contribution is 0.628. The summed E-state index contributed by atoms with van der Waals surface area (Å²) in [5, 5.41) is 0. The van der Waals surface area contributed by atoms with E-state index < -0.39 is 0 Å². The van der Waals surface area contributed by atoms with E-state index in [1.807, 2.05) is 0 Å². The Bertz CT molecular complexity index is 590. The molecule has 0 saturated carbocycles. The van der Waals surface area contributed by atoms with Gasteiger partial charge in [0.25, 0.3) is 5.56 Å². The zero-order chi connectivity index (χ0) is 12.4. The van der Waals surface area contributed by atoms with Crippen LogP contribution in [0.5, 0.6) is 0 Å². The molecule has 0 radical (unpaired) electrons. The highest BCUT2D eigenvalue weighted by atomic mass is 19.1. The molecule has 0 unspecified atom stereocenters. The Kier molecular flexibility index (Phi) is 3.01. The van der Waals surface area contributed by atoms with Gasteiger partial charge in [-0.25, -0.2) is 9.37 Å². The molecule has 5 heteroatoms. The molecule has 17 heavy (non-hydrogen) atoms. The van der Waals surface area contributed by atoms with Crippen LogP contribution in [0.4, 0.5) is 4.39 Å². The predicted octanol–water partition coefficient (Wildman–Crippen LogP) is 1.34. The quantitative estimate of drug-likeness (QED) is 0.822. The van der Waals surface area contributed by atoms with E-state index in [9.17, 15) is 9.18 Å². The maximum Gasteiger partial charge on any atom is 0.255 e. The van der Waals surface area contributed by atoms with Crippen LogP contribution in [0.3, 0.4) is 0 Å². The summed E-state index contributed by atoms with van der Waals surface area (Å²) in [6, 6.07) is 5.77. The van der Waals surface area contributed by atoms with Crippen LogP contribution in [0, 0.1) is 12.7 Å². The molecular formula is C12H12FN3O. The number of hydrogen-bond donors (Lipinski definition) is 2. The van der Waals surface area contributed by atoms with Gasteiger partial charge in [0, 0.05) is 17.8 Å². The van der Waals surface area contributed by atoms with Crippen LogP contribution < -0.4 is 11.3 Å². The van der Waals surface area contributed by atoms with Crippen molar-refractivity contribution in [2.75, 3.05) is 0 Å². The van der Waals surface area contributed by atoms with Crippen LogP contribution in [0.15, 0.2) is 29.1 Å². The summed E-state index contributed by atoms with van der Waals surface area (Å²) in [5.74, 6) is 0.0936. The smallest absolute Gasteiger partial charge is 0.255 e. The lowest BCUT2D eigenvalue weighted by Crippen LogP contribution is -2.20. The lowest BCUT2D eigenvalue weighted by atomic mass is 10.2. The Balaban J connectivity index is 2.54. The van der Waals surface area contributed by atoms with Crippen LogP contribution in [0.1, 0.15) is 11.3 Å². The van der Waals surface area contributed by atoms with Crippen molar-refractivity contribution >= 4 is 0 Å². The standard InChI is InChI=1S/C12H12FN3O/c1-7-10(6-14)12(17)16-11(15-7)8-2-4-9(13)5-3-8/h2-5H,6,14H2,1H3,(H,15,16,17). The van der Waals surface area contributed by atoms with E-state index in [-0.39, 0.29) is 17.9 Å². The van der Waals surface area contributed by atoms with E-state index >= 15 is 0 Å². The Morgan fingerprint density at radius 2 is 2.00 bits per heavy atom. The molecule has 0 amide bonds. The maximum atomic E-state index is 12.8. The van der Waals surface area contributed by atoms with Gasteiger partial charge in [0.2, 0.25) is 0 Å². The van der Waals surface area contributed by atoms with E-state index in [2.05, 4.69) is 9.97 Å². The van der Waals surface area contributed by atoms with E-state index in [1.165, 1.54) is 12.1 Å². The number of aryl methyl sites for hydroxylation is 1. The molecule has 2 rings (SSSR count). The summed E-state index contributed by atoms with van der Waals surface area (Å²) in [5.41, 5.74) is 6.92. The minimum atomic E-state index is -0.327. The molecule has 0 spiro atoms. The first-order valence-electron chi connectivity index (χ1n) is 5.17. The van der Waals surface area contributed by atoms with Gasteiger partial charge in [0.05, 0.1) is 5.56 Å². The first-order valence-corrected chi connectivity index (χ1v) is 5.17. The first-order chi connectivity index (χ1) is 8.11. The molecule has 0 bridgehead atoms. The molecule has 0 atom stereocenters. The Morgan fingerprint density at radius 1 is 1.35 bits per heavy atom. The normalized spacial score (nSPS) is 10.5. The van der Waals surface area contributed by atoms with Crippen molar-refractivity contribution in [3.63, 3.8) is 0 Å². The van der Waals surface area contributed by atoms with E-state index in [1.54, 1.807) is 19.1 Å². The molecule has 88 valence electrons. The average molecular weight is 233 g/mol. The molecule has 0 aliphatic carbocycles. The number of aromatic nitrogens is 2. The van der Waals surface area contributed by atoms with Gasteiger partial charge >= 0.3 is 0 Å². The fraction of sp³-hybridized carbons (Fsp3) is 0.167. The number of nitrogens with one attached hydrogen (secondary N) is 1.